The van der Waals surface area contributed by atoms with Gasteiger partial charge in [-0.3, -0.25) is 4.79 Å². The van der Waals surface area contributed by atoms with E-state index in [4.69, 9.17) is 18.9 Å². The molecule has 0 amide bonds. The molecule has 0 aromatic heterocycles. The van der Waals surface area contributed by atoms with Crippen LogP contribution in [-0.2, 0) is 23.7 Å². The molecule has 0 radical (unpaired) electrons. The molecule has 1 aliphatic rings. The summed E-state index contributed by atoms with van der Waals surface area (Å²) in [5.41, 5.74) is 0. The van der Waals surface area contributed by atoms with Crippen LogP contribution in [0.1, 0.15) is 245 Å². The van der Waals surface area contributed by atoms with Crippen LogP contribution in [0.3, 0.4) is 0 Å². The molecule has 9 heteroatoms. The number of esters is 1. The molecule has 0 saturated carbocycles. The highest BCUT2D eigenvalue weighted by Gasteiger charge is 2.44. The van der Waals surface area contributed by atoms with E-state index in [2.05, 4.69) is 74.6 Å². The van der Waals surface area contributed by atoms with E-state index in [9.17, 15) is 25.2 Å². The first-order valence-electron chi connectivity index (χ1n) is 28.4. The van der Waals surface area contributed by atoms with Gasteiger partial charge in [0.25, 0.3) is 0 Å². The molecule has 0 spiro atoms. The minimum atomic E-state index is -1.54. The number of carbonyl (C=O) groups is 1. The number of ether oxygens (including phenoxy) is 4. The molecule has 9 nitrogen and oxygen atoms in total. The van der Waals surface area contributed by atoms with E-state index in [0.29, 0.717) is 13.0 Å². The largest absolute Gasteiger partial charge is 0.457 e. The smallest absolute Gasteiger partial charge is 0.306 e. The van der Waals surface area contributed by atoms with Crippen molar-refractivity contribution in [3.8, 4) is 0 Å². The highest BCUT2D eigenvalue weighted by molar-refractivity contribution is 5.69. The average Bonchev–Trinajstić information content (AvgIpc) is 3.34. The van der Waals surface area contributed by atoms with E-state index in [1.807, 2.05) is 0 Å². The number of aliphatic hydroxyl groups excluding tert-OH is 4. The van der Waals surface area contributed by atoms with Crippen LogP contribution in [0.15, 0.2) is 60.8 Å². The lowest BCUT2D eigenvalue weighted by molar-refractivity contribution is -0.305. The summed E-state index contributed by atoms with van der Waals surface area (Å²) >= 11 is 0. The van der Waals surface area contributed by atoms with Crippen LogP contribution in [0, 0.1) is 0 Å². The zero-order valence-electron chi connectivity index (χ0n) is 43.9. The van der Waals surface area contributed by atoms with Crippen molar-refractivity contribution in [2.24, 2.45) is 0 Å². The first-order valence-corrected chi connectivity index (χ1v) is 28.4. The van der Waals surface area contributed by atoms with E-state index < -0.39 is 43.4 Å². The fraction of sp³-hybridized carbons (Fsp3) is 0.814. The van der Waals surface area contributed by atoms with Crippen molar-refractivity contribution in [3.05, 3.63) is 60.8 Å². The molecule has 1 rings (SSSR count). The molecule has 1 aliphatic heterocycles. The fourth-order valence-corrected chi connectivity index (χ4v) is 8.47. The number of allylic oxidation sites excluding steroid dienone is 10. The molecule has 396 valence electrons. The lowest BCUT2D eigenvalue weighted by Crippen LogP contribution is -2.59. The van der Waals surface area contributed by atoms with Crippen molar-refractivity contribution >= 4 is 5.97 Å². The van der Waals surface area contributed by atoms with Gasteiger partial charge in [-0.15, -0.1) is 0 Å². The van der Waals surface area contributed by atoms with Gasteiger partial charge in [0, 0.05) is 13.0 Å². The molecular formula is C59H106O9. The molecule has 1 saturated heterocycles. The van der Waals surface area contributed by atoms with E-state index in [1.165, 1.54) is 173 Å². The van der Waals surface area contributed by atoms with Gasteiger partial charge in [-0.2, -0.15) is 0 Å². The van der Waals surface area contributed by atoms with Gasteiger partial charge in [-0.25, -0.2) is 0 Å². The molecular weight excluding hydrogens is 853 g/mol. The Balaban J connectivity index is 2.17. The number of carbonyl (C=O) groups excluding carboxylic acids is 1. The van der Waals surface area contributed by atoms with E-state index >= 15 is 0 Å². The fourth-order valence-electron chi connectivity index (χ4n) is 8.47. The van der Waals surface area contributed by atoms with Gasteiger partial charge in [-0.05, 0) is 83.5 Å². The lowest BCUT2D eigenvalue weighted by Gasteiger charge is -2.39. The van der Waals surface area contributed by atoms with Crippen LogP contribution in [0.25, 0.3) is 0 Å². The Bertz CT molecular complexity index is 1230. The Morgan fingerprint density at radius 1 is 0.471 bits per heavy atom. The number of aliphatic hydroxyl groups is 4. The van der Waals surface area contributed by atoms with Crippen LogP contribution < -0.4 is 0 Å². The van der Waals surface area contributed by atoms with Crippen molar-refractivity contribution in [1.82, 2.24) is 0 Å². The third kappa shape index (κ3) is 39.6. The Kier molecular flexibility index (Phi) is 46.9. The molecule has 0 aromatic rings. The molecule has 1 fully saturated rings. The van der Waals surface area contributed by atoms with Crippen LogP contribution in [0.5, 0.6) is 0 Å². The molecule has 0 bridgehead atoms. The number of hydrogen-bond acceptors (Lipinski definition) is 9. The second-order valence-electron chi connectivity index (χ2n) is 19.4. The van der Waals surface area contributed by atoms with Crippen molar-refractivity contribution in [3.63, 3.8) is 0 Å². The maximum absolute atomic E-state index is 12.9. The summed E-state index contributed by atoms with van der Waals surface area (Å²) in [5.74, 6) is -0.317. The van der Waals surface area contributed by atoms with Crippen molar-refractivity contribution in [1.29, 1.82) is 0 Å². The molecule has 0 aromatic carbocycles. The highest BCUT2D eigenvalue weighted by atomic mass is 16.7. The second-order valence-corrected chi connectivity index (χ2v) is 19.4. The maximum atomic E-state index is 12.9. The van der Waals surface area contributed by atoms with Crippen molar-refractivity contribution in [2.75, 3.05) is 26.4 Å². The zero-order chi connectivity index (χ0) is 49.2. The normalized spacial score (nSPS) is 19.5. The van der Waals surface area contributed by atoms with E-state index in [1.54, 1.807) is 0 Å². The predicted octanol–water partition coefficient (Wildman–Crippen LogP) is 14.6. The third-order valence-corrected chi connectivity index (χ3v) is 12.9. The molecule has 4 N–H and O–H groups in total. The minimum absolute atomic E-state index is 0.117. The summed E-state index contributed by atoms with van der Waals surface area (Å²) < 4.78 is 23.0. The van der Waals surface area contributed by atoms with Gasteiger partial charge >= 0.3 is 5.97 Å². The van der Waals surface area contributed by atoms with Gasteiger partial charge in [-0.1, -0.05) is 216 Å². The van der Waals surface area contributed by atoms with Gasteiger partial charge in [0.1, 0.15) is 30.5 Å². The highest BCUT2D eigenvalue weighted by Crippen LogP contribution is 2.23. The quantitative estimate of drug-likeness (QED) is 0.0267. The first kappa shape index (κ1) is 63.9. The van der Waals surface area contributed by atoms with E-state index in [-0.39, 0.29) is 19.2 Å². The van der Waals surface area contributed by atoms with Crippen LogP contribution in [0.2, 0.25) is 0 Å². The summed E-state index contributed by atoms with van der Waals surface area (Å²) in [4.78, 5) is 12.9. The number of rotatable bonds is 49. The van der Waals surface area contributed by atoms with Gasteiger partial charge in [0.15, 0.2) is 6.29 Å². The Labute approximate surface area is 417 Å². The minimum Gasteiger partial charge on any atom is -0.457 e. The predicted molar refractivity (Wildman–Crippen MR) is 284 cm³/mol. The van der Waals surface area contributed by atoms with Crippen molar-refractivity contribution in [2.45, 2.75) is 282 Å². The van der Waals surface area contributed by atoms with Crippen LogP contribution in [-0.4, -0.2) is 89.6 Å². The molecule has 0 aliphatic carbocycles. The standard InChI is InChI=1S/C59H106O9/c1-3-5-7-9-11-13-15-17-19-21-23-25-26-27-28-29-30-32-34-36-38-40-42-44-46-48-55(61)67-53(52-66-59-58(64)57(63)56(62)54(50-60)68-59)51-65-49-47-45-43-41-39-37-35-33-31-24-22-20-18-16-14-12-10-8-6-4-2/h12,14-15,17-18,20-21,23,26-27,53-54,56-60,62-64H,3-11,13,16,19,22,24-25,28-52H2,1-2H3/b14-12-,17-15-,20-18-,23-21-,27-26-. The third-order valence-electron chi connectivity index (χ3n) is 12.9. The van der Waals surface area contributed by atoms with Crippen LogP contribution in [0.4, 0.5) is 0 Å². The summed E-state index contributed by atoms with van der Waals surface area (Å²) in [6.07, 6.45) is 58.3. The topological polar surface area (TPSA) is 135 Å². The van der Waals surface area contributed by atoms with E-state index in [0.717, 1.165) is 51.4 Å². The summed E-state index contributed by atoms with van der Waals surface area (Å²) in [6, 6.07) is 0. The average molecular weight is 959 g/mol. The monoisotopic (exact) mass is 959 g/mol. The SMILES string of the molecule is CCCCC/C=C\C/C=C\CCCCCCCCCCCCOCC(COC1OC(CO)C(O)C(O)C1O)OC(=O)CCCCCCCCCCCC/C=C\C/C=C\C/C=C\CCCCCCC. The lowest BCUT2D eigenvalue weighted by atomic mass is 9.99. The van der Waals surface area contributed by atoms with Crippen LogP contribution >= 0.6 is 0 Å². The van der Waals surface area contributed by atoms with Gasteiger partial charge < -0.3 is 39.4 Å². The number of hydrogen-bond donors (Lipinski definition) is 4. The Morgan fingerprint density at radius 3 is 1.31 bits per heavy atom. The maximum Gasteiger partial charge on any atom is 0.306 e. The Hall–Kier alpha value is -2.11. The summed E-state index contributed by atoms with van der Waals surface area (Å²) in [5, 5.41) is 40.3. The Morgan fingerprint density at radius 2 is 0.853 bits per heavy atom. The van der Waals surface area contributed by atoms with Crippen molar-refractivity contribution < 1.29 is 44.2 Å². The summed E-state index contributed by atoms with van der Waals surface area (Å²) in [7, 11) is 0. The number of unbranched alkanes of at least 4 members (excludes halogenated alkanes) is 28. The summed E-state index contributed by atoms with van der Waals surface area (Å²) in [6.45, 7) is 4.54. The zero-order valence-corrected chi connectivity index (χ0v) is 43.9. The molecule has 1 heterocycles. The second kappa shape index (κ2) is 49.9. The molecule has 6 atom stereocenters. The molecule has 6 unspecified atom stereocenters. The molecule has 68 heavy (non-hydrogen) atoms. The first-order chi connectivity index (χ1) is 33.4. The van der Waals surface area contributed by atoms with Gasteiger partial charge in [0.05, 0.1) is 19.8 Å². The van der Waals surface area contributed by atoms with Gasteiger partial charge in [0.2, 0.25) is 0 Å².